The number of urea groups is 1. The van der Waals surface area contributed by atoms with Gasteiger partial charge in [-0.25, -0.2) is 29.6 Å². The second-order valence-corrected chi connectivity index (χ2v) is 9.04. The van der Waals surface area contributed by atoms with Gasteiger partial charge < -0.3 is 15.0 Å². The zero-order valence-electron chi connectivity index (χ0n) is 19.8. The van der Waals surface area contributed by atoms with E-state index in [1.807, 2.05) is 19.9 Å². The number of nitrogens with one attached hydrogen (secondary N) is 2. The summed E-state index contributed by atoms with van der Waals surface area (Å²) in [5, 5.41) is 12.2. The molecule has 1 saturated heterocycles. The molecule has 0 radical (unpaired) electrons. The molecular weight excluding hydrogens is 470 g/mol. The largest absolute Gasteiger partial charge is 0.450 e. The molecular formula is C23H27N7O4S. The molecule has 12 heteroatoms. The molecule has 1 aliphatic rings. The maximum Gasteiger partial charge on any atom is 0.415 e. The van der Waals surface area contributed by atoms with Crippen LogP contribution in [0.25, 0.3) is 5.82 Å². The number of aryl methyl sites for hydroxylation is 2. The lowest BCUT2D eigenvalue weighted by molar-refractivity contribution is 0.102. The van der Waals surface area contributed by atoms with E-state index in [1.165, 1.54) is 11.3 Å². The highest BCUT2D eigenvalue weighted by atomic mass is 32.1. The van der Waals surface area contributed by atoms with Crippen molar-refractivity contribution in [1.82, 2.24) is 30.0 Å². The lowest BCUT2D eigenvalue weighted by atomic mass is 9.98. The number of likely N-dealkylation sites (tertiary alicyclic amines) is 1. The van der Waals surface area contributed by atoms with Crippen LogP contribution in [0.1, 0.15) is 52.6 Å². The third kappa shape index (κ3) is 5.65. The molecule has 0 saturated carbocycles. The highest BCUT2D eigenvalue weighted by molar-refractivity contribution is 7.10. The molecule has 0 aliphatic carbocycles. The summed E-state index contributed by atoms with van der Waals surface area (Å²) >= 11 is 1.43. The molecule has 1 aliphatic heterocycles. The van der Waals surface area contributed by atoms with Crippen LogP contribution in [-0.4, -0.2) is 62.4 Å². The third-order valence-electron chi connectivity index (χ3n) is 5.62. The van der Waals surface area contributed by atoms with Crippen LogP contribution in [0.15, 0.2) is 29.8 Å². The van der Waals surface area contributed by atoms with E-state index in [4.69, 9.17) is 4.74 Å². The van der Waals surface area contributed by atoms with Gasteiger partial charge >= 0.3 is 12.1 Å². The monoisotopic (exact) mass is 497 g/mol. The molecule has 2 N–H and O–H groups in total. The Morgan fingerprint density at radius 2 is 2.00 bits per heavy atom. The first-order valence-electron chi connectivity index (χ1n) is 11.3. The number of amides is 4. The van der Waals surface area contributed by atoms with Gasteiger partial charge in [-0.05, 0) is 51.8 Å². The molecule has 4 amide bonds. The van der Waals surface area contributed by atoms with E-state index >= 15 is 0 Å². The van der Waals surface area contributed by atoms with Crippen LogP contribution in [-0.2, 0) is 4.74 Å². The zero-order valence-corrected chi connectivity index (χ0v) is 20.6. The lowest BCUT2D eigenvalue weighted by Gasteiger charge is -2.30. The minimum Gasteiger partial charge on any atom is -0.450 e. The van der Waals surface area contributed by atoms with E-state index in [-0.39, 0.29) is 18.4 Å². The molecule has 0 bridgehead atoms. The number of imide groups is 1. The fraction of sp³-hybridized carbons (Fsp3) is 0.391. The van der Waals surface area contributed by atoms with Crippen LogP contribution in [0.2, 0.25) is 0 Å². The number of alkyl carbamates (subject to hydrolysis) is 1. The number of aromatic nitrogens is 4. The zero-order chi connectivity index (χ0) is 24.9. The normalized spacial score (nSPS) is 14.0. The van der Waals surface area contributed by atoms with Crippen LogP contribution in [0, 0.1) is 13.8 Å². The fourth-order valence-corrected chi connectivity index (χ4v) is 4.91. The van der Waals surface area contributed by atoms with E-state index in [0.717, 1.165) is 16.4 Å². The maximum absolute atomic E-state index is 13.0. The van der Waals surface area contributed by atoms with Crippen molar-refractivity contribution >= 4 is 35.1 Å². The Labute approximate surface area is 206 Å². The molecule has 11 nitrogen and oxygen atoms in total. The highest BCUT2D eigenvalue weighted by Crippen LogP contribution is 2.30. The number of carbonyl (C=O) groups is 3. The van der Waals surface area contributed by atoms with E-state index in [0.29, 0.717) is 43.1 Å². The predicted molar refractivity (Wildman–Crippen MR) is 130 cm³/mol. The minimum absolute atomic E-state index is 0.136. The van der Waals surface area contributed by atoms with Gasteiger partial charge in [-0.1, -0.05) is 0 Å². The van der Waals surface area contributed by atoms with E-state index < -0.39 is 12.1 Å². The summed E-state index contributed by atoms with van der Waals surface area (Å²) in [6.07, 6.45) is 2.29. The van der Waals surface area contributed by atoms with Crippen molar-refractivity contribution in [1.29, 1.82) is 0 Å². The molecule has 0 atom stereocenters. The molecule has 35 heavy (non-hydrogen) atoms. The van der Waals surface area contributed by atoms with Gasteiger partial charge in [-0.3, -0.25) is 4.79 Å². The number of pyridine rings is 1. The first-order valence-corrected chi connectivity index (χ1v) is 12.2. The smallest absolute Gasteiger partial charge is 0.415 e. The number of anilines is 1. The predicted octanol–water partition coefficient (Wildman–Crippen LogP) is 3.64. The number of rotatable bonds is 5. The first-order chi connectivity index (χ1) is 16.9. The second-order valence-electron chi connectivity index (χ2n) is 8.15. The van der Waals surface area contributed by atoms with Crippen molar-refractivity contribution in [3.05, 3.63) is 51.9 Å². The Hall–Kier alpha value is -3.80. The van der Waals surface area contributed by atoms with Crippen molar-refractivity contribution in [2.45, 2.75) is 39.5 Å². The van der Waals surface area contributed by atoms with E-state index in [1.54, 1.807) is 40.2 Å². The topological polar surface area (TPSA) is 131 Å². The summed E-state index contributed by atoms with van der Waals surface area (Å²) in [4.78, 5) is 47.1. The summed E-state index contributed by atoms with van der Waals surface area (Å²) in [6, 6.07) is 5.01. The number of carbonyl (C=O) groups excluding carboxylic acids is 3. The maximum atomic E-state index is 13.0. The summed E-state index contributed by atoms with van der Waals surface area (Å²) in [6.45, 7) is 6.68. The SMILES string of the molecule is CCOC(=O)NC(=O)N1CCC(c2nc(C(=O)Nc3cccnc3-n3nc(C)cc3C)cs2)CC1. The van der Waals surface area contributed by atoms with Gasteiger partial charge in [0.25, 0.3) is 5.91 Å². The van der Waals surface area contributed by atoms with Gasteiger partial charge in [-0.15, -0.1) is 11.3 Å². The molecule has 4 heterocycles. The average Bonchev–Trinajstić information content (AvgIpc) is 3.46. The van der Waals surface area contributed by atoms with Gasteiger partial charge in [0.15, 0.2) is 5.82 Å². The Balaban J connectivity index is 1.38. The Morgan fingerprint density at radius 1 is 1.23 bits per heavy atom. The van der Waals surface area contributed by atoms with Gasteiger partial charge in [0, 0.05) is 36.3 Å². The van der Waals surface area contributed by atoms with Crippen molar-refractivity contribution in [3.63, 3.8) is 0 Å². The van der Waals surface area contributed by atoms with Crippen LogP contribution in [0.3, 0.4) is 0 Å². The highest BCUT2D eigenvalue weighted by Gasteiger charge is 2.27. The number of ether oxygens (including phenoxy) is 1. The number of hydrogen-bond acceptors (Lipinski definition) is 8. The Kier molecular flexibility index (Phi) is 7.39. The molecule has 184 valence electrons. The first kappa shape index (κ1) is 24.3. The number of piperidine rings is 1. The number of nitrogens with zero attached hydrogens (tertiary/aromatic N) is 5. The average molecular weight is 498 g/mol. The molecule has 3 aromatic heterocycles. The molecule has 0 unspecified atom stereocenters. The summed E-state index contributed by atoms with van der Waals surface area (Å²) < 4.78 is 6.45. The molecule has 0 aromatic carbocycles. The van der Waals surface area contributed by atoms with Gasteiger partial charge in [0.1, 0.15) is 5.69 Å². The van der Waals surface area contributed by atoms with Crippen LogP contribution >= 0.6 is 11.3 Å². The van der Waals surface area contributed by atoms with Crippen LogP contribution in [0.4, 0.5) is 15.3 Å². The van der Waals surface area contributed by atoms with Crippen molar-refractivity contribution in [3.8, 4) is 5.82 Å². The fourth-order valence-electron chi connectivity index (χ4n) is 3.94. The Bertz CT molecular complexity index is 1230. The number of hydrogen-bond donors (Lipinski definition) is 2. The summed E-state index contributed by atoms with van der Waals surface area (Å²) in [7, 11) is 0. The van der Waals surface area contributed by atoms with E-state index in [9.17, 15) is 14.4 Å². The van der Waals surface area contributed by atoms with Gasteiger partial charge in [-0.2, -0.15) is 5.10 Å². The summed E-state index contributed by atoms with van der Waals surface area (Å²) in [5.41, 5.74) is 2.64. The third-order valence-corrected chi connectivity index (χ3v) is 6.62. The van der Waals surface area contributed by atoms with E-state index in [2.05, 4.69) is 25.7 Å². The van der Waals surface area contributed by atoms with Gasteiger partial charge in [0.05, 0.1) is 23.0 Å². The quantitative estimate of drug-likeness (QED) is 0.550. The lowest BCUT2D eigenvalue weighted by Crippen LogP contribution is -2.46. The molecule has 1 fully saturated rings. The number of thiazole rings is 1. The van der Waals surface area contributed by atoms with Gasteiger partial charge in [0.2, 0.25) is 0 Å². The molecule has 3 aromatic rings. The van der Waals surface area contributed by atoms with Crippen molar-refractivity contribution < 1.29 is 19.1 Å². The minimum atomic E-state index is -0.746. The standard InChI is InChI=1S/C23H27N7O4S/c1-4-34-23(33)27-22(32)29-10-7-16(8-11-29)21-26-18(13-35-21)20(31)25-17-6-5-9-24-19(17)30-15(3)12-14(2)28-30/h5-6,9,12-13,16H,4,7-8,10-11H2,1-3H3,(H,25,31)(H,27,32,33). The van der Waals surface area contributed by atoms with Crippen LogP contribution in [0.5, 0.6) is 0 Å². The van der Waals surface area contributed by atoms with Crippen molar-refractivity contribution in [2.24, 2.45) is 0 Å². The second kappa shape index (κ2) is 10.6. The molecule has 4 rings (SSSR count). The Morgan fingerprint density at radius 3 is 2.69 bits per heavy atom. The van der Waals surface area contributed by atoms with Crippen LogP contribution < -0.4 is 10.6 Å². The van der Waals surface area contributed by atoms with Crippen molar-refractivity contribution in [2.75, 3.05) is 25.0 Å². The summed E-state index contributed by atoms with van der Waals surface area (Å²) in [5.74, 6) is 0.349. The molecule has 0 spiro atoms.